The number of nitrogens with zero attached hydrogens (tertiary/aromatic N) is 2. The van der Waals surface area contributed by atoms with Gasteiger partial charge in [0.05, 0.1) is 11.0 Å². The summed E-state index contributed by atoms with van der Waals surface area (Å²) in [6, 6.07) is 24.7. The molecule has 0 aliphatic carbocycles. The Labute approximate surface area is 151 Å². The largest absolute Gasteiger partial charge is 0.292 e. The molecule has 1 aromatic heterocycles. The van der Waals surface area contributed by atoms with Gasteiger partial charge in [0.2, 0.25) is 0 Å². The molecule has 1 heterocycles. The van der Waals surface area contributed by atoms with E-state index >= 15 is 0 Å². The van der Waals surface area contributed by atoms with Crippen LogP contribution in [-0.2, 0) is 0 Å². The van der Waals surface area contributed by atoms with Crippen molar-refractivity contribution in [3.63, 3.8) is 0 Å². The Hall–Kier alpha value is -1.91. The molecule has 0 amide bonds. The second-order valence-corrected chi connectivity index (χ2v) is 7.08. The van der Waals surface area contributed by atoms with E-state index in [1.807, 2.05) is 42.5 Å². The first-order valence-electron chi connectivity index (χ1n) is 7.22. The quantitative estimate of drug-likeness (QED) is 0.371. The van der Waals surface area contributed by atoms with E-state index < -0.39 is 0 Å². The van der Waals surface area contributed by atoms with Crippen LogP contribution in [0.5, 0.6) is 0 Å². The van der Waals surface area contributed by atoms with E-state index in [1.54, 1.807) is 0 Å². The van der Waals surface area contributed by atoms with Gasteiger partial charge < -0.3 is 0 Å². The normalized spacial score (nSPS) is 11.0. The second-order valence-electron chi connectivity index (χ2n) is 5.25. The summed E-state index contributed by atoms with van der Waals surface area (Å²) in [6.07, 6.45) is 0. The lowest BCUT2D eigenvalue weighted by atomic mass is 10.2. The van der Waals surface area contributed by atoms with Gasteiger partial charge in [-0.2, -0.15) is 0 Å². The first-order chi connectivity index (χ1) is 11.2. The van der Waals surface area contributed by atoms with E-state index in [2.05, 4.69) is 66.8 Å². The van der Waals surface area contributed by atoms with Crippen molar-refractivity contribution in [1.82, 2.24) is 9.55 Å². The van der Waals surface area contributed by atoms with E-state index in [0.29, 0.717) is 0 Å². The van der Waals surface area contributed by atoms with Crippen LogP contribution >= 0.6 is 31.9 Å². The predicted molar refractivity (Wildman–Crippen MR) is 102 cm³/mol. The van der Waals surface area contributed by atoms with Crippen molar-refractivity contribution in [2.75, 3.05) is 0 Å². The molecule has 0 aliphatic heterocycles. The Bertz CT molecular complexity index is 971. The van der Waals surface area contributed by atoms with Crippen molar-refractivity contribution in [2.24, 2.45) is 0 Å². The Morgan fingerprint density at radius 1 is 0.739 bits per heavy atom. The molecule has 0 spiro atoms. The van der Waals surface area contributed by atoms with Crippen LogP contribution in [0.15, 0.2) is 81.7 Å². The highest BCUT2D eigenvalue weighted by Gasteiger charge is 2.14. The maximum absolute atomic E-state index is 4.86. The monoisotopic (exact) mass is 426 g/mol. The Balaban J connectivity index is 2.07. The van der Waals surface area contributed by atoms with Crippen LogP contribution in [0.3, 0.4) is 0 Å². The standard InChI is InChI=1S/C19H12Br2N2/c20-14-10-13(11-15(21)12-14)19-22-17-8-4-5-9-18(17)23(19)16-6-2-1-3-7-16/h1-12H. The van der Waals surface area contributed by atoms with Crippen LogP contribution in [-0.4, -0.2) is 9.55 Å². The smallest absolute Gasteiger partial charge is 0.145 e. The van der Waals surface area contributed by atoms with Crippen molar-refractivity contribution in [1.29, 1.82) is 0 Å². The molecule has 4 aromatic rings. The zero-order chi connectivity index (χ0) is 15.8. The van der Waals surface area contributed by atoms with Crippen molar-refractivity contribution in [3.8, 4) is 17.1 Å². The topological polar surface area (TPSA) is 17.8 Å². The summed E-state index contributed by atoms with van der Waals surface area (Å²) in [7, 11) is 0. The van der Waals surface area contributed by atoms with E-state index in [1.165, 1.54) is 0 Å². The summed E-state index contributed by atoms with van der Waals surface area (Å²) in [4.78, 5) is 4.86. The Morgan fingerprint density at radius 3 is 2.13 bits per heavy atom. The molecule has 3 aromatic carbocycles. The minimum absolute atomic E-state index is 0.930. The van der Waals surface area contributed by atoms with Gasteiger partial charge in [-0.25, -0.2) is 4.98 Å². The van der Waals surface area contributed by atoms with Gasteiger partial charge in [0.25, 0.3) is 0 Å². The van der Waals surface area contributed by atoms with Crippen molar-refractivity contribution >= 4 is 42.9 Å². The fraction of sp³-hybridized carbons (Fsp3) is 0. The van der Waals surface area contributed by atoms with E-state index in [-0.39, 0.29) is 0 Å². The molecule has 0 bridgehead atoms. The minimum Gasteiger partial charge on any atom is -0.292 e. The summed E-state index contributed by atoms with van der Waals surface area (Å²) >= 11 is 7.14. The number of imidazole rings is 1. The third-order valence-corrected chi connectivity index (χ3v) is 4.61. The number of hydrogen-bond donors (Lipinski definition) is 0. The molecular weight excluding hydrogens is 416 g/mol. The number of rotatable bonds is 2. The fourth-order valence-corrected chi connectivity index (χ4v) is 4.03. The van der Waals surface area contributed by atoms with E-state index in [9.17, 15) is 0 Å². The molecular formula is C19H12Br2N2. The lowest BCUT2D eigenvalue weighted by Crippen LogP contribution is -1.97. The Morgan fingerprint density at radius 2 is 1.39 bits per heavy atom. The van der Waals surface area contributed by atoms with Crippen molar-refractivity contribution < 1.29 is 0 Å². The highest BCUT2D eigenvalue weighted by molar-refractivity contribution is 9.11. The van der Waals surface area contributed by atoms with E-state index in [4.69, 9.17) is 4.98 Å². The third-order valence-electron chi connectivity index (χ3n) is 3.70. The maximum Gasteiger partial charge on any atom is 0.145 e. The van der Waals surface area contributed by atoms with Gasteiger partial charge in [0, 0.05) is 20.2 Å². The molecule has 0 atom stereocenters. The van der Waals surface area contributed by atoms with Crippen LogP contribution in [0.2, 0.25) is 0 Å². The molecule has 4 heteroatoms. The zero-order valence-electron chi connectivity index (χ0n) is 12.1. The third kappa shape index (κ3) is 2.73. The summed E-state index contributed by atoms with van der Waals surface area (Å²) in [5, 5.41) is 0. The maximum atomic E-state index is 4.86. The highest BCUT2D eigenvalue weighted by Crippen LogP contribution is 2.32. The molecule has 0 aliphatic rings. The first kappa shape index (κ1) is 14.7. The number of benzene rings is 3. The summed E-state index contributed by atoms with van der Waals surface area (Å²) < 4.78 is 4.24. The molecule has 0 saturated carbocycles. The van der Waals surface area contributed by atoms with Crippen LogP contribution in [0.1, 0.15) is 0 Å². The minimum atomic E-state index is 0.930. The molecule has 112 valence electrons. The number of halogens is 2. The van der Waals surface area contributed by atoms with Crippen LogP contribution in [0.4, 0.5) is 0 Å². The van der Waals surface area contributed by atoms with Crippen LogP contribution in [0, 0.1) is 0 Å². The SMILES string of the molecule is Brc1cc(Br)cc(-c2nc3ccccc3n2-c2ccccc2)c1. The molecule has 0 saturated heterocycles. The van der Waals surface area contributed by atoms with Gasteiger partial charge >= 0.3 is 0 Å². The number of hydrogen-bond acceptors (Lipinski definition) is 1. The molecule has 0 fully saturated rings. The van der Waals surface area contributed by atoms with Crippen molar-refractivity contribution in [3.05, 3.63) is 81.7 Å². The molecule has 0 N–H and O–H groups in total. The van der Waals surface area contributed by atoms with Gasteiger partial charge in [0.15, 0.2) is 0 Å². The van der Waals surface area contributed by atoms with Gasteiger partial charge in [-0.3, -0.25) is 4.57 Å². The van der Waals surface area contributed by atoms with Gasteiger partial charge in [-0.05, 0) is 42.5 Å². The average Bonchev–Trinajstić information content (AvgIpc) is 2.94. The average molecular weight is 428 g/mol. The van der Waals surface area contributed by atoms with Crippen LogP contribution in [0.25, 0.3) is 28.1 Å². The van der Waals surface area contributed by atoms with Gasteiger partial charge in [-0.1, -0.05) is 62.2 Å². The van der Waals surface area contributed by atoms with Gasteiger partial charge in [-0.15, -0.1) is 0 Å². The zero-order valence-corrected chi connectivity index (χ0v) is 15.3. The molecule has 0 unspecified atom stereocenters. The van der Waals surface area contributed by atoms with Crippen molar-refractivity contribution in [2.45, 2.75) is 0 Å². The molecule has 0 radical (unpaired) electrons. The summed E-state index contributed by atoms with van der Waals surface area (Å²) in [6.45, 7) is 0. The fourth-order valence-electron chi connectivity index (χ4n) is 2.74. The summed E-state index contributed by atoms with van der Waals surface area (Å²) in [5.41, 5.74) is 4.26. The van der Waals surface area contributed by atoms with E-state index in [0.717, 1.165) is 37.1 Å². The predicted octanol–water partition coefficient (Wildman–Crippen LogP) is 6.22. The lowest BCUT2D eigenvalue weighted by molar-refractivity contribution is 1.10. The summed E-state index contributed by atoms with van der Waals surface area (Å²) in [5.74, 6) is 0.930. The Kier molecular flexibility index (Phi) is 3.79. The first-order valence-corrected chi connectivity index (χ1v) is 8.80. The number of fused-ring (bicyclic) bond motifs is 1. The number of aromatic nitrogens is 2. The molecule has 2 nitrogen and oxygen atoms in total. The second kappa shape index (κ2) is 5.95. The number of para-hydroxylation sites is 3. The lowest BCUT2D eigenvalue weighted by Gasteiger charge is -2.10. The van der Waals surface area contributed by atoms with Crippen LogP contribution < -0.4 is 0 Å². The van der Waals surface area contributed by atoms with Gasteiger partial charge in [0.1, 0.15) is 5.82 Å². The molecule has 23 heavy (non-hydrogen) atoms. The molecule has 4 rings (SSSR count). The highest BCUT2D eigenvalue weighted by atomic mass is 79.9.